The number of likely N-dealkylation sites (tertiary alicyclic amines) is 1. The van der Waals surface area contributed by atoms with Crippen LogP contribution in [0.1, 0.15) is 41.9 Å². The number of likely N-dealkylation sites (N-methyl/N-ethyl adjacent to an activating group) is 1. The number of methoxy groups -OCH3 is 1. The maximum Gasteiger partial charge on any atom is 0.274 e. The van der Waals surface area contributed by atoms with Gasteiger partial charge >= 0.3 is 0 Å². The van der Waals surface area contributed by atoms with Gasteiger partial charge in [0.25, 0.3) is 5.91 Å². The minimum atomic E-state index is 0.0847. The number of imidazole rings is 1. The molecule has 0 bridgehead atoms. The van der Waals surface area contributed by atoms with Crippen LogP contribution in [0, 0.1) is 0 Å². The standard InChI is InChI=1S/C20H31N5O2S/c1-22-7-5-9-23(11-10-22)19(26)18-17(25-12-13-28-20(25)21-18)14-24-8-4-3-6-16(24)15-27-2/h12-13,16H,3-11,14-15H2,1-2H3/t16-/m0/s1. The lowest BCUT2D eigenvalue weighted by Crippen LogP contribution is -2.42. The van der Waals surface area contributed by atoms with Crippen LogP contribution in [0.25, 0.3) is 4.96 Å². The molecule has 2 aliphatic heterocycles. The molecule has 0 N–H and O–H groups in total. The summed E-state index contributed by atoms with van der Waals surface area (Å²) in [7, 11) is 3.90. The van der Waals surface area contributed by atoms with E-state index in [1.807, 2.05) is 16.5 Å². The molecule has 0 aromatic carbocycles. The van der Waals surface area contributed by atoms with Crippen molar-refractivity contribution in [1.82, 2.24) is 24.1 Å². The van der Waals surface area contributed by atoms with E-state index in [-0.39, 0.29) is 5.91 Å². The second-order valence-corrected chi connectivity index (χ2v) is 8.86. The molecule has 0 spiro atoms. The lowest BCUT2D eigenvalue weighted by Gasteiger charge is -2.35. The van der Waals surface area contributed by atoms with E-state index in [0.717, 1.165) is 69.4 Å². The van der Waals surface area contributed by atoms with Gasteiger partial charge in [-0.3, -0.25) is 14.1 Å². The van der Waals surface area contributed by atoms with E-state index in [1.165, 1.54) is 12.8 Å². The smallest absolute Gasteiger partial charge is 0.274 e. The van der Waals surface area contributed by atoms with Crippen molar-refractivity contribution in [3.63, 3.8) is 0 Å². The molecule has 4 rings (SSSR count). The Morgan fingerprint density at radius 1 is 1.21 bits per heavy atom. The molecule has 2 fully saturated rings. The molecular formula is C20H31N5O2S. The minimum absolute atomic E-state index is 0.0847. The Labute approximate surface area is 170 Å². The molecule has 7 nitrogen and oxygen atoms in total. The minimum Gasteiger partial charge on any atom is -0.383 e. The number of fused-ring (bicyclic) bond motifs is 1. The van der Waals surface area contributed by atoms with Gasteiger partial charge in [-0.15, -0.1) is 11.3 Å². The van der Waals surface area contributed by atoms with E-state index in [4.69, 9.17) is 9.72 Å². The van der Waals surface area contributed by atoms with Gasteiger partial charge in [-0.1, -0.05) is 6.42 Å². The molecule has 2 saturated heterocycles. The Hall–Kier alpha value is -1.48. The number of amides is 1. The number of rotatable bonds is 5. The predicted molar refractivity (Wildman–Crippen MR) is 111 cm³/mol. The Bertz CT molecular complexity index is 802. The average molecular weight is 406 g/mol. The van der Waals surface area contributed by atoms with Gasteiger partial charge in [0.2, 0.25) is 0 Å². The van der Waals surface area contributed by atoms with Crippen molar-refractivity contribution < 1.29 is 9.53 Å². The summed E-state index contributed by atoms with van der Waals surface area (Å²) in [5.74, 6) is 0.0847. The first-order valence-corrected chi connectivity index (χ1v) is 11.2. The number of ether oxygens (including phenoxy) is 1. The highest BCUT2D eigenvalue weighted by atomic mass is 32.1. The van der Waals surface area contributed by atoms with E-state index < -0.39 is 0 Å². The molecule has 0 radical (unpaired) electrons. The molecule has 0 unspecified atom stereocenters. The normalized spacial score (nSPS) is 22.6. The van der Waals surface area contributed by atoms with E-state index in [2.05, 4.69) is 21.2 Å². The van der Waals surface area contributed by atoms with Crippen molar-refractivity contribution in [2.24, 2.45) is 0 Å². The van der Waals surface area contributed by atoms with Crippen LogP contribution in [-0.2, 0) is 11.3 Å². The number of piperidine rings is 1. The fourth-order valence-corrected chi connectivity index (χ4v) is 5.13. The van der Waals surface area contributed by atoms with Crippen molar-refractivity contribution in [1.29, 1.82) is 0 Å². The highest BCUT2D eigenvalue weighted by Crippen LogP contribution is 2.25. The second-order valence-electron chi connectivity index (χ2n) is 7.99. The first-order valence-electron chi connectivity index (χ1n) is 10.3. The third-order valence-electron chi connectivity index (χ3n) is 6.03. The molecule has 28 heavy (non-hydrogen) atoms. The first kappa shape index (κ1) is 19.8. The summed E-state index contributed by atoms with van der Waals surface area (Å²) in [6, 6.07) is 0.415. The van der Waals surface area contributed by atoms with E-state index in [9.17, 15) is 4.79 Å². The van der Waals surface area contributed by atoms with Crippen molar-refractivity contribution in [2.45, 2.75) is 38.3 Å². The number of carbonyl (C=O) groups excluding carboxylic acids is 1. The summed E-state index contributed by atoms with van der Waals surface area (Å²) in [6.07, 6.45) is 6.67. The molecule has 1 atom stereocenters. The number of thiazole rings is 1. The Kier molecular flexibility index (Phi) is 6.30. The second kappa shape index (κ2) is 8.90. The fourth-order valence-electron chi connectivity index (χ4n) is 4.40. The lowest BCUT2D eigenvalue weighted by molar-refractivity contribution is 0.0582. The predicted octanol–water partition coefficient (Wildman–Crippen LogP) is 2.17. The number of hydrogen-bond acceptors (Lipinski definition) is 6. The van der Waals surface area contributed by atoms with Crippen molar-refractivity contribution in [3.05, 3.63) is 23.0 Å². The zero-order chi connectivity index (χ0) is 19.5. The molecular weight excluding hydrogens is 374 g/mol. The van der Waals surface area contributed by atoms with Crippen LogP contribution >= 0.6 is 11.3 Å². The van der Waals surface area contributed by atoms with Crippen molar-refractivity contribution >= 4 is 22.2 Å². The van der Waals surface area contributed by atoms with Gasteiger partial charge in [0.1, 0.15) is 0 Å². The van der Waals surface area contributed by atoms with Gasteiger partial charge < -0.3 is 14.5 Å². The topological polar surface area (TPSA) is 53.3 Å². The van der Waals surface area contributed by atoms with Crippen LogP contribution < -0.4 is 0 Å². The van der Waals surface area contributed by atoms with Crippen LogP contribution in [0.5, 0.6) is 0 Å². The van der Waals surface area contributed by atoms with Gasteiger partial charge in [0.15, 0.2) is 10.7 Å². The number of carbonyl (C=O) groups is 1. The van der Waals surface area contributed by atoms with E-state index in [1.54, 1.807) is 18.4 Å². The summed E-state index contributed by atoms with van der Waals surface area (Å²) >= 11 is 1.59. The number of nitrogens with zero attached hydrogens (tertiary/aromatic N) is 5. The summed E-state index contributed by atoms with van der Waals surface area (Å²) < 4.78 is 7.57. The molecule has 1 amide bonds. The van der Waals surface area contributed by atoms with Gasteiger partial charge in [0, 0.05) is 50.9 Å². The van der Waals surface area contributed by atoms with Crippen molar-refractivity contribution in [3.8, 4) is 0 Å². The fraction of sp³-hybridized carbons (Fsp3) is 0.700. The van der Waals surface area contributed by atoms with Gasteiger partial charge in [-0.25, -0.2) is 4.98 Å². The molecule has 0 aliphatic carbocycles. The maximum atomic E-state index is 13.4. The zero-order valence-corrected chi connectivity index (χ0v) is 17.8. The van der Waals surface area contributed by atoms with Crippen LogP contribution in [0.15, 0.2) is 11.6 Å². The highest BCUT2D eigenvalue weighted by Gasteiger charge is 2.29. The molecule has 2 aromatic rings. The van der Waals surface area contributed by atoms with Crippen molar-refractivity contribution in [2.75, 3.05) is 53.5 Å². The summed E-state index contributed by atoms with van der Waals surface area (Å²) in [5, 5.41) is 2.05. The van der Waals surface area contributed by atoms with Gasteiger partial charge in [0.05, 0.1) is 12.3 Å². The third-order valence-corrected chi connectivity index (χ3v) is 6.79. The molecule has 4 heterocycles. The van der Waals surface area contributed by atoms with Gasteiger partial charge in [-0.2, -0.15) is 0 Å². The van der Waals surface area contributed by atoms with Crippen LogP contribution in [0.4, 0.5) is 0 Å². The summed E-state index contributed by atoms with van der Waals surface area (Å²) in [5.41, 5.74) is 1.67. The Morgan fingerprint density at radius 2 is 2.11 bits per heavy atom. The molecule has 2 aliphatic rings. The molecule has 2 aromatic heterocycles. The maximum absolute atomic E-state index is 13.4. The summed E-state index contributed by atoms with van der Waals surface area (Å²) in [6.45, 7) is 6.09. The quantitative estimate of drug-likeness (QED) is 0.763. The zero-order valence-electron chi connectivity index (χ0n) is 17.0. The molecule has 0 saturated carbocycles. The van der Waals surface area contributed by atoms with Crippen LogP contribution in [-0.4, -0.2) is 89.5 Å². The Balaban J connectivity index is 1.60. The molecule has 8 heteroatoms. The first-order chi connectivity index (χ1) is 13.7. The lowest BCUT2D eigenvalue weighted by atomic mass is 10.0. The third kappa shape index (κ3) is 4.10. The highest BCUT2D eigenvalue weighted by molar-refractivity contribution is 7.15. The van der Waals surface area contributed by atoms with E-state index in [0.29, 0.717) is 11.7 Å². The number of aromatic nitrogens is 2. The van der Waals surface area contributed by atoms with Crippen LogP contribution in [0.3, 0.4) is 0 Å². The van der Waals surface area contributed by atoms with Crippen LogP contribution in [0.2, 0.25) is 0 Å². The number of hydrogen-bond donors (Lipinski definition) is 0. The summed E-state index contributed by atoms with van der Waals surface area (Å²) in [4.78, 5) is 25.8. The van der Waals surface area contributed by atoms with E-state index >= 15 is 0 Å². The van der Waals surface area contributed by atoms with Gasteiger partial charge in [-0.05, 0) is 39.4 Å². The Morgan fingerprint density at radius 3 is 2.96 bits per heavy atom. The average Bonchev–Trinajstić information content (AvgIpc) is 3.21. The molecule has 154 valence electrons. The SMILES string of the molecule is COC[C@@H]1CCCCN1Cc1c(C(=O)N2CCCN(C)CC2)nc2sccn12. The monoisotopic (exact) mass is 405 g/mol. The largest absolute Gasteiger partial charge is 0.383 e.